The Morgan fingerprint density at radius 1 is 0.857 bits per heavy atom. The van der Waals surface area contributed by atoms with Crippen molar-refractivity contribution in [1.29, 1.82) is 0 Å². The maximum Gasteiger partial charge on any atom is 0.0490 e. The average molecular weight is 450 g/mol. The van der Waals surface area contributed by atoms with Crippen molar-refractivity contribution in [3.8, 4) is 0 Å². The topological polar surface area (TPSA) is 0 Å². The van der Waals surface area contributed by atoms with E-state index in [1.807, 2.05) is 0 Å². The highest BCUT2D eigenvalue weighted by Crippen LogP contribution is 2.48. The number of hydrogen-bond acceptors (Lipinski definition) is 0. The van der Waals surface area contributed by atoms with E-state index in [9.17, 15) is 0 Å². The summed E-state index contributed by atoms with van der Waals surface area (Å²) in [6, 6.07) is 24.1. The van der Waals surface area contributed by atoms with E-state index in [-0.39, 0.29) is 5.41 Å². The van der Waals surface area contributed by atoms with Crippen LogP contribution in [0.5, 0.6) is 0 Å². The van der Waals surface area contributed by atoms with Gasteiger partial charge in [0.05, 0.1) is 0 Å². The van der Waals surface area contributed by atoms with Gasteiger partial charge in [-0.25, -0.2) is 0 Å². The smallest absolute Gasteiger partial charge is 0.0490 e. The van der Waals surface area contributed by atoms with Crippen LogP contribution >= 0.6 is 27.5 Å². The molecule has 0 aliphatic heterocycles. The summed E-state index contributed by atoms with van der Waals surface area (Å²) in [4.78, 5) is 0. The molecule has 0 heterocycles. The van der Waals surface area contributed by atoms with Gasteiger partial charge in [0.15, 0.2) is 0 Å². The minimum Gasteiger partial charge on any atom is -0.0836 e. The van der Waals surface area contributed by atoms with Crippen LogP contribution in [0.1, 0.15) is 42.9 Å². The molecule has 140 valence electrons. The van der Waals surface area contributed by atoms with E-state index >= 15 is 0 Å². The highest BCUT2D eigenvalue weighted by atomic mass is 79.9. The second kappa shape index (κ2) is 6.61. The van der Waals surface area contributed by atoms with Gasteiger partial charge in [-0.2, -0.15) is 0 Å². The van der Waals surface area contributed by atoms with Crippen LogP contribution in [0, 0.1) is 0 Å². The van der Waals surface area contributed by atoms with Gasteiger partial charge < -0.3 is 0 Å². The molecule has 0 radical (unpaired) electrons. The van der Waals surface area contributed by atoms with Crippen LogP contribution in [0.4, 0.5) is 0 Å². The molecule has 0 N–H and O–H groups in total. The number of halogens is 2. The molecule has 4 aromatic rings. The Balaban J connectivity index is 1.73. The van der Waals surface area contributed by atoms with E-state index in [4.69, 9.17) is 11.6 Å². The summed E-state index contributed by atoms with van der Waals surface area (Å²) in [5.41, 5.74) is 4.44. The van der Waals surface area contributed by atoms with Crippen molar-refractivity contribution < 1.29 is 0 Å². The Bertz CT molecular complexity index is 1220. The SMILES string of the molecule is CC1(C)CC(c2cccc(Br)c2)Cc2ccc3c(cc(Cl)c4ccccc43)c21. The molecular weight excluding hydrogens is 428 g/mol. The number of benzene rings is 4. The number of rotatable bonds is 1. The van der Waals surface area contributed by atoms with Gasteiger partial charge in [0.1, 0.15) is 0 Å². The lowest BCUT2D eigenvalue weighted by molar-refractivity contribution is 0.395. The maximum absolute atomic E-state index is 6.71. The lowest BCUT2D eigenvalue weighted by Crippen LogP contribution is -2.29. The van der Waals surface area contributed by atoms with Gasteiger partial charge in [-0.05, 0) is 75.2 Å². The lowest BCUT2D eigenvalue weighted by Gasteiger charge is -2.39. The van der Waals surface area contributed by atoms with E-state index < -0.39 is 0 Å². The molecule has 2 heteroatoms. The molecule has 5 rings (SSSR count). The predicted octanol–water partition coefficient (Wildman–Crippen LogP) is 8.42. The monoisotopic (exact) mass is 448 g/mol. The highest BCUT2D eigenvalue weighted by molar-refractivity contribution is 9.10. The van der Waals surface area contributed by atoms with Crippen molar-refractivity contribution >= 4 is 49.1 Å². The molecule has 0 saturated carbocycles. The van der Waals surface area contributed by atoms with Crippen molar-refractivity contribution in [3.63, 3.8) is 0 Å². The number of hydrogen-bond donors (Lipinski definition) is 0. The first-order valence-electron chi connectivity index (χ1n) is 9.83. The normalized spacial score (nSPS) is 18.4. The van der Waals surface area contributed by atoms with Gasteiger partial charge in [-0.3, -0.25) is 0 Å². The van der Waals surface area contributed by atoms with Crippen LogP contribution < -0.4 is 0 Å². The molecule has 0 nitrogen and oxygen atoms in total. The van der Waals surface area contributed by atoms with Gasteiger partial charge in [-0.15, -0.1) is 0 Å². The molecular formula is C26H22BrCl. The van der Waals surface area contributed by atoms with E-state index in [2.05, 4.69) is 96.5 Å². The standard InChI is InChI=1S/C26H22BrCl/c1-26(2)15-18(16-6-5-7-19(27)13-16)12-17-10-11-21-20-8-3-4-9-22(20)24(28)14-23(21)25(17)26/h3-11,13-14,18H,12,15H2,1-2H3. The molecule has 1 unspecified atom stereocenters. The van der Waals surface area contributed by atoms with E-state index in [0.29, 0.717) is 5.92 Å². The predicted molar refractivity (Wildman–Crippen MR) is 125 cm³/mol. The maximum atomic E-state index is 6.71. The minimum absolute atomic E-state index is 0.0892. The third-order valence-corrected chi connectivity index (χ3v) is 7.10. The van der Waals surface area contributed by atoms with E-state index in [1.54, 1.807) is 0 Å². The second-order valence-electron chi connectivity index (χ2n) is 8.64. The molecule has 0 fully saturated rings. The average Bonchev–Trinajstić information content (AvgIpc) is 2.67. The van der Waals surface area contributed by atoms with Gasteiger partial charge in [-0.1, -0.05) is 89.9 Å². The molecule has 0 saturated heterocycles. The first-order valence-corrected chi connectivity index (χ1v) is 11.0. The minimum atomic E-state index is 0.0892. The van der Waals surface area contributed by atoms with Crippen LogP contribution in [0.25, 0.3) is 21.5 Å². The summed E-state index contributed by atoms with van der Waals surface area (Å²) in [6.45, 7) is 4.77. The zero-order valence-corrected chi connectivity index (χ0v) is 18.4. The first-order chi connectivity index (χ1) is 13.4. The second-order valence-corrected chi connectivity index (χ2v) is 9.97. The largest absolute Gasteiger partial charge is 0.0836 e. The summed E-state index contributed by atoms with van der Waals surface area (Å²) in [7, 11) is 0. The van der Waals surface area contributed by atoms with Crippen molar-refractivity contribution in [2.24, 2.45) is 0 Å². The summed E-state index contributed by atoms with van der Waals surface area (Å²) >= 11 is 10.3. The van der Waals surface area contributed by atoms with Crippen LogP contribution in [0.3, 0.4) is 0 Å². The molecule has 4 aromatic carbocycles. The van der Waals surface area contributed by atoms with Crippen molar-refractivity contribution in [2.75, 3.05) is 0 Å². The molecule has 1 aliphatic carbocycles. The molecule has 0 spiro atoms. The summed E-state index contributed by atoms with van der Waals surface area (Å²) < 4.78 is 1.16. The lowest BCUT2D eigenvalue weighted by atomic mass is 9.65. The molecule has 0 aromatic heterocycles. The van der Waals surface area contributed by atoms with E-state index in [0.717, 1.165) is 27.7 Å². The molecule has 0 amide bonds. The third kappa shape index (κ3) is 2.88. The zero-order chi connectivity index (χ0) is 19.5. The van der Waals surface area contributed by atoms with Crippen LogP contribution in [0.15, 0.2) is 71.2 Å². The van der Waals surface area contributed by atoms with Gasteiger partial charge >= 0.3 is 0 Å². The van der Waals surface area contributed by atoms with Crippen molar-refractivity contribution in [2.45, 2.75) is 38.0 Å². The molecule has 1 atom stereocenters. The Kier molecular flexibility index (Phi) is 4.30. The van der Waals surface area contributed by atoms with Gasteiger partial charge in [0, 0.05) is 14.9 Å². The van der Waals surface area contributed by atoms with Gasteiger partial charge in [0.25, 0.3) is 0 Å². The summed E-state index contributed by atoms with van der Waals surface area (Å²) in [5.74, 6) is 0.536. The van der Waals surface area contributed by atoms with E-state index in [1.165, 1.54) is 32.8 Å². The molecule has 1 aliphatic rings. The van der Waals surface area contributed by atoms with Crippen molar-refractivity contribution in [3.05, 3.63) is 92.9 Å². The summed E-state index contributed by atoms with van der Waals surface area (Å²) in [5, 5.41) is 5.86. The Morgan fingerprint density at radius 2 is 1.61 bits per heavy atom. The Hall–Kier alpha value is -1.83. The first kappa shape index (κ1) is 18.2. The van der Waals surface area contributed by atoms with Crippen LogP contribution in [-0.4, -0.2) is 0 Å². The number of fused-ring (bicyclic) bond motifs is 5. The molecule has 0 bridgehead atoms. The van der Waals surface area contributed by atoms with Crippen molar-refractivity contribution in [1.82, 2.24) is 0 Å². The Morgan fingerprint density at radius 3 is 2.39 bits per heavy atom. The third-order valence-electron chi connectivity index (χ3n) is 6.30. The fourth-order valence-corrected chi connectivity index (χ4v) is 5.89. The summed E-state index contributed by atoms with van der Waals surface area (Å²) in [6.07, 6.45) is 2.22. The quantitative estimate of drug-likeness (QED) is 0.256. The fraction of sp³-hybridized carbons (Fsp3) is 0.231. The molecule has 28 heavy (non-hydrogen) atoms. The highest BCUT2D eigenvalue weighted by Gasteiger charge is 2.35. The van der Waals surface area contributed by atoms with Crippen LogP contribution in [-0.2, 0) is 11.8 Å². The fourth-order valence-electron chi connectivity index (χ4n) is 5.20. The van der Waals surface area contributed by atoms with Gasteiger partial charge in [0.2, 0.25) is 0 Å². The van der Waals surface area contributed by atoms with Crippen LogP contribution in [0.2, 0.25) is 5.02 Å². The Labute approximate surface area is 179 Å². The zero-order valence-electron chi connectivity index (χ0n) is 16.1.